The summed E-state index contributed by atoms with van der Waals surface area (Å²) < 4.78 is 4.93. The molecule has 0 aromatic carbocycles. The Morgan fingerprint density at radius 3 is 2.57 bits per heavy atom. The lowest BCUT2D eigenvalue weighted by Crippen LogP contribution is -2.47. The average molecular weight is 201 g/mol. The molecule has 2 N–H and O–H groups in total. The van der Waals surface area contributed by atoms with Crippen LogP contribution in [0.25, 0.3) is 0 Å². The molecule has 0 bridgehead atoms. The van der Waals surface area contributed by atoms with Crippen LogP contribution < -0.4 is 5.32 Å². The Balaban J connectivity index is 2.42. The number of esters is 1. The fraction of sp³-hybridized carbons (Fsp3) is 0.900. The van der Waals surface area contributed by atoms with E-state index in [2.05, 4.69) is 5.32 Å². The fourth-order valence-electron chi connectivity index (χ4n) is 1.44. The third-order valence-corrected chi connectivity index (χ3v) is 2.62. The number of hydrogen-bond acceptors (Lipinski definition) is 4. The summed E-state index contributed by atoms with van der Waals surface area (Å²) in [5.74, 6) is -0.213. The molecule has 14 heavy (non-hydrogen) atoms. The highest BCUT2D eigenvalue weighted by Crippen LogP contribution is 2.35. The van der Waals surface area contributed by atoms with Crippen molar-refractivity contribution in [2.24, 2.45) is 0 Å². The highest BCUT2D eigenvalue weighted by Gasteiger charge is 2.44. The van der Waals surface area contributed by atoms with Gasteiger partial charge in [-0.05, 0) is 26.2 Å². The van der Waals surface area contributed by atoms with Crippen LogP contribution in [0.5, 0.6) is 0 Å². The first-order valence-electron chi connectivity index (χ1n) is 5.22. The van der Waals surface area contributed by atoms with E-state index in [9.17, 15) is 4.79 Å². The maximum Gasteiger partial charge on any atom is 0.323 e. The van der Waals surface area contributed by atoms with Gasteiger partial charge in [0.1, 0.15) is 6.04 Å². The standard InChI is InChI=1S/C10H19NO3/c1-3-8(9(13)14-4-2)11-10(7-12)5-6-10/h8,11-12H,3-7H2,1-2H3. The molecule has 1 unspecified atom stereocenters. The monoisotopic (exact) mass is 201 g/mol. The zero-order chi connectivity index (χ0) is 10.6. The molecule has 1 saturated carbocycles. The Hall–Kier alpha value is -0.610. The highest BCUT2D eigenvalue weighted by molar-refractivity contribution is 5.75. The maximum absolute atomic E-state index is 11.4. The molecule has 82 valence electrons. The minimum atomic E-state index is -0.274. The molecule has 0 aromatic heterocycles. The lowest BCUT2D eigenvalue weighted by molar-refractivity contribution is -0.146. The molecule has 0 amide bonds. The lowest BCUT2D eigenvalue weighted by Gasteiger charge is -2.21. The summed E-state index contributed by atoms with van der Waals surface area (Å²) in [6, 6.07) is -0.274. The van der Waals surface area contributed by atoms with Gasteiger partial charge in [0.15, 0.2) is 0 Å². The van der Waals surface area contributed by atoms with Gasteiger partial charge in [-0.25, -0.2) is 0 Å². The largest absolute Gasteiger partial charge is 0.465 e. The zero-order valence-corrected chi connectivity index (χ0v) is 8.88. The second kappa shape index (κ2) is 4.75. The summed E-state index contributed by atoms with van der Waals surface area (Å²) in [6.07, 6.45) is 2.58. The predicted molar refractivity (Wildman–Crippen MR) is 52.9 cm³/mol. The van der Waals surface area contributed by atoms with Crippen LogP contribution in [0.2, 0.25) is 0 Å². The van der Waals surface area contributed by atoms with Crippen LogP contribution in [0, 0.1) is 0 Å². The molecule has 0 spiro atoms. The van der Waals surface area contributed by atoms with Crippen molar-refractivity contribution >= 4 is 5.97 Å². The van der Waals surface area contributed by atoms with Gasteiger partial charge < -0.3 is 9.84 Å². The summed E-state index contributed by atoms with van der Waals surface area (Å²) in [4.78, 5) is 11.4. The summed E-state index contributed by atoms with van der Waals surface area (Å²) >= 11 is 0. The molecule has 1 rings (SSSR count). The van der Waals surface area contributed by atoms with Crippen LogP contribution in [-0.4, -0.2) is 35.9 Å². The predicted octanol–water partition coefficient (Wildman–Crippen LogP) is 0.443. The van der Waals surface area contributed by atoms with E-state index in [1.165, 1.54) is 0 Å². The molecular weight excluding hydrogens is 182 g/mol. The maximum atomic E-state index is 11.4. The van der Waals surface area contributed by atoms with E-state index >= 15 is 0 Å². The topological polar surface area (TPSA) is 58.6 Å². The fourth-order valence-corrected chi connectivity index (χ4v) is 1.44. The number of nitrogens with one attached hydrogen (secondary N) is 1. The minimum Gasteiger partial charge on any atom is -0.465 e. The molecule has 0 saturated heterocycles. The highest BCUT2D eigenvalue weighted by atomic mass is 16.5. The van der Waals surface area contributed by atoms with E-state index in [0.29, 0.717) is 13.0 Å². The third-order valence-electron chi connectivity index (χ3n) is 2.62. The summed E-state index contributed by atoms with van der Waals surface area (Å²) in [6.45, 7) is 4.23. The van der Waals surface area contributed by atoms with E-state index in [1.807, 2.05) is 6.92 Å². The summed E-state index contributed by atoms with van der Waals surface area (Å²) in [5, 5.41) is 12.3. The SMILES string of the molecule is CCOC(=O)C(CC)NC1(CO)CC1. The Bertz CT molecular complexity index is 202. The van der Waals surface area contributed by atoms with Crippen LogP contribution in [0.1, 0.15) is 33.1 Å². The minimum absolute atomic E-state index is 0.100. The lowest BCUT2D eigenvalue weighted by atomic mass is 10.2. The molecule has 1 aliphatic carbocycles. The smallest absolute Gasteiger partial charge is 0.323 e. The van der Waals surface area contributed by atoms with Gasteiger partial charge in [0.2, 0.25) is 0 Å². The number of hydrogen-bond donors (Lipinski definition) is 2. The van der Waals surface area contributed by atoms with Crippen LogP contribution in [-0.2, 0) is 9.53 Å². The molecule has 1 atom stereocenters. The second-order valence-electron chi connectivity index (χ2n) is 3.80. The molecule has 4 heteroatoms. The van der Waals surface area contributed by atoms with Crippen LogP contribution in [0.15, 0.2) is 0 Å². The van der Waals surface area contributed by atoms with Crippen LogP contribution in [0.3, 0.4) is 0 Å². The number of carbonyl (C=O) groups is 1. The number of aliphatic hydroxyl groups is 1. The first kappa shape index (κ1) is 11.5. The van der Waals surface area contributed by atoms with Gasteiger partial charge in [-0.3, -0.25) is 10.1 Å². The number of aliphatic hydroxyl groups excluding tert-OH is 1. The first-order chi connectivity index (χ1) is 6.67. The third kappa shape index (κ3) is 2.69. The second-order valence-corrected chi connectivity index (χ2v) is 3.80. The normalized spacial score (nSPS) is 20.2. The molecule has 0 aliphatic heterocycles. The van der Waals surface area contributed by atoms with Crippen molar-refractivity contribution in [2.45, 2.75) is 44.7 Å². The van der Waals surface area contributed by atoms with Crippen molar-refractivity contribution in [3.8, 4) is 0 Å². The Labute approximate surface area is 84.6 Å². The van der Waals surface area contributed by atoms with Crippen molar-refractivity contribution in [3.63, 3.8) is 0 Å². The van der Waals surface area contributed by atoms with Crippen LogP contribution in [0.4, 0.5) is 0 Å². The molecule has 0 heterocycles. The van der Waals surface area contributed by atoms with E-state index in [1.54, 1.807) is 6.92 Å². The van der Waals surface area contributed by atoms with Crippen molar-refractivity contribution in [1.82, 2.24) is 5.32 Å². The quantitative estimate of drug-likeness (QED) is 0.612. The van der Waals surface area contributed by atoms with E-state index in [4.69, 9.17) is 9.84 Å². The van der Waals surface area contributed by atoms with Crippen molar-refractivity contribution in [1.29, 1.82) is 0 Å². The number of ether oxygens (including phenoxy) is 1. The zero-order valence-electron chi connectivity index (χ0n) is 8.88. The van der Waals surface area contributed by atoms with Gasteiger partial charge in [-0.2, -0.15) is 0 Å². The molecule has 1 fully saturated rings. The number of carbonyl (C=O) groups excluding carboxylic acids is 1. The van der Waals surface area contributed by atoms with Gasteiger partial charge in [-0.15, -0.1) is 0 Å². The Morgan fingerprint density at radius 1 is 1.57 bits per heavy atom. The van der Waals surface area contributed by atoms with Gasteiger partial charge in [-0.1, -0.05) is 6.92 Å². The van der Waals surface area contributed by atoms with Gasteiger partial charge >= 0.3 is 5.97 Å². The number of rotatable bonds is 6. The first-order valence-corrected chi connectivity index (χ1v) is 5.22. The molecule has 0 aromatic rings. The molecule has 0 radical (unpaired) electrons. The van der Waals surface area contributed by atoms with Crippen molar-refractivity contribution in [3.05, 3.63) is 0 Å². The van der Waals surface area contributed by atoms with Crippen molar-refractivity contribution in [2.75, 3.05) is 13.2 Å². The molecular formula is C10H19NO3. The molecule has 4 nitrogen and oxygen atoms in total. The van der Waals surface area contributed by atoms with Gasteiger partial charge in [0.05, 0.1) is 13.2 Å². The van der Waals surface area contributed by atoms with E-state index in [0.717, 1.165) is 12.8 Å². The van der Waals surface area contributed by atoms with Crippen LogP contribution >= 0.6 is 0 Å². The van der Waals surface area contributed by atoms with E-state index in [-0.39, 0.29) is 24.2 Å². The van der Waals surface area contributed by atoms with Gasteiger partial charge in [0.25, 0.3) is 0 Å². The van der Waals surface area contributed by atoms with Gasteiger partial charge in [0, 0.05) is 5.54 Å². The molecule has 1 aliphatic rings. The Morgan fingerprint density at radius 2 is 2.21 bits per heavy atom. The van der Waals surface area contributed by atoms with Crippen molar-refractivity contribution < 1.29 is 14.6 Å². The van der Waals surface area contributed by atoms with E-state index < -0.39 is 0 Å². The summed E-state index contributed by atoms with van der Waals surface area (Å²) in [7, 11) is 0. The Kier molecular flexibility index (Phi) is 3.89. The average Bonchev–Trinajstić information content (AvgIpc) is 2.95. The summed E-state index contributed by atoms with van der Waals surface area (Å²) in [5.41, 5.74) is -0.201.